The van der Waals surface area contributed by atoms with Crippen molar-refractivity contribution >= 4 is 23.3 Å². The minimum Gasteiger partial charge on any atom is -0.480 e. The number of benzene rings is 1. The van der Waals surface area contributed by atoms with Crippen LogP contribution in [0.5, 0.6) is 0 Å². The average molecular weight is 219 g/mol. The highest BCUT2D eigenvalue weighted by atomic mass is 35.5. The molecule has 0 aliphatic carbocycles. The minimum atomic E-state index is -1.44. The maximum atomic E-state index is 13.2. The van der Waals surface area contributed by atoms with Crippen LogP contribution in [0.3, 0.4) is 0 Å². The lowest BCUT2D eigenvalue weighted by Crippen LogP contribution is -2.22. The fourth-order valence-electron chi connectivity index (χ4n) is 0.949. The lowest BCUT2D eigenvalue weighted by molar-refractivity contribution is -0.138. The Labute approximate surface area is 84.3 Å². The molecular formula is C8H8ClFN2O2. The standard InChI is InChI=1S/C8H8ClFN2O2/c9-4-1-3(7(12)8(13)14)5(10)2-6(4)11/h1-2,7H,11-12H2,(H,13,14)/t7-/m0/s1. The first-order chi connectivity index (χ1) is 6.43. The van der Waals surface area contributed by atoms with Crippen LogP contribution in [0.2, 0.25) is 5.02 Å². The third kappa shape index (κ3) is 1.94. The van der Waals surface area contributed by atoms with Gasteiger partial charge in [-0.05, 0) is 12.1 Å². The number of halogens is 2. The Hall–Kier alpha value is -1.33. The number of carbonyl (C=O) groups is 1. The first kappa shape index (κ1) is 10.7. The summed E-state index contributed by atoms with van der Waals surface area (Å²) >= 11 is 5.59. The molecule has 1 rings (SSSR count). The fourth-order valence-corrected chi connectivity index (χ4v) is 1.12. The van der Waals surface area contributed by atoms with Crippen molar-refractivity contribution in [3.63, 3.8) is 0 Å². The maximum Gasteiger partial charge on any atom is 0.325 e. The average Bonchev–Trinajstić information content (AvgIpc) is 2.10. The van der Waals surface area contributed by atoms with Crippen molar-refractivity contribution in [3.05, 3.63) is 28.5 Å². The summed E-state index contributed by atoms with van der Waals surface area (Å²) in [6.07, 6.45) is 0. The molecule has 4 nitrogen and oxygen atoms in total. The number of hydrogen-bond donors (Lipinski definition) is 3. The highest BCUT2D eigenvalue weighted by molar-refractivity contribution is 6.33. The van der Waals surface area contributed by atoms with Gasteiger partial charge in [0.2, 0.25) is 0 Å². The second kappa shape index (κ2) is 3.81. The number of nitrogens with two attached hydrogens (primary N) is 2. The molecule has 0 saturated carbocycles. The molecular weight excluding hydrogens is 211 g/mol. The summed E-state index contributed by atoms with van der Waals surface area (Å²) < 4.78 is 13.2. The summed E-state index contributed by atoms with van der Waals surface area (Å²) in [4.78, 5) is 10.5. The van der Waals surface area contributed by atoms with E-state index in [-0.39, 0.29) is 16.3 Å². The Morgan fingerprint density at radius 3 is 2.64 bits per heavy atom. The van der Waals surface area contributed by atoms with E-state index >= 15 is 0 Å². The number of nitrogen functional groups attached to an aromatic ring is 1. The Morgan fingerprint density at radius 1 is 1.57 bits per heavy atom. The lowest BCUT2D eigenvalue weighted by Gasteiger charge is -2.09. The number of anilines is 1. The van der Waals surface area contributed by atoms with Crippen LogP contribution < -0.4 is 11.5 Å². The van der Waals surface area contributed by atoms with E-state index in [9.17, 15) is 9.18 Å². The van der Waals surface area contributed by atoms with Crippen LogP contribution in [0.4, 0.5) is 10.1 Å². The van der Waals surface area contributed by atoms with Crippen molar-refractivity contribution in [2.75, 3.05) is 5.73 Å². The molecule has 1 atom stereocenters. The highest BCUT2D eigenvalue weighted by Crippen LogP contribution is 2.25. The largest absolute Gasteiger partial charge is 0.480 e. The number of rotatable bonds is 2. The van der Waals surface area contributed by atoms with Gasteiger partial charge in [-0.2, -0.15) is 0 Å². The van der Waals surface area contributed by atoms with Gasteiger partial charge in [0.25, 0.3) is 0 Å². The van der Waals surface area contributed by atoms with Crippen molar-refractivity contribution in [1.29, 1.82) is 0 Å². The molecule has 0 saturated heterocycles. The van der Waals surface area contributed by atoms with Gasteiger partial charge >= 0.3 is 5.97 Å². The topological polar surface area (TPSA) is 89.3 Å². The van der Waals surface area contributed by atoms with Crippen molar-refractivity contribution in [2.24, 2.45) is 5.73 Å². The molecule has 0 heterocycles. The second-order valence-corrected chi connectivity index (χ2v) is 3.12. The Bertz CT molecular complexity index is 384. The molecule has 0 fully saturated rings. The SMILES string of the molecule is Nc1cc(F)c([C@H](N)C(=O)O)cc1Cl. The van der Waals surface area contributed by atoms with Gasteiger partial charge in [-0.1, -0.05) is 11.6 Å². The molecule has 0 unspecified atom stereocenters. The number of aliphatic carboxylic acids is 1. The van der Waals surface area contributed by atoms with E-state index in [0.29, 0.717) is 0 Å². The van der Waals surface area contributed by atoms with Gasteiger partial charge in [-0.3, -0.25) is 4.79 Å². The molecule has 14 heavy (non-hydrogen) atoms. The zero-order valence-electron chi connectivity index (χ0n) is 7.00. The van der Waals surface area contributed by atoms with Crippen LogP contribution in [0.25, 0.3) is 0 Å². The van der Waals surface area contributed by atoms with Gasteiger partial charge in [0.05, 0.1) is 10.7 Å². The van der Waals surface area contributed by atoms with Crippen molar-refractivity contribution in [3.8, 4) is 0 Å². The van der Waals surface area contributed by atoms with E-state index in [4.69, 9.17) is 28.2 Å². The van der Waals surface area contributed by atoms with Crippen LogP contribution in [-0.4, -0.2) is 11.1 Å². The summed E-state index contributed by atoms with van der Waals surface area (Å²) in [5.41, 5.74) is 10.4. The summed E-state index contributed by atoms with van der Waals surface area (Å²) in [5.74, 6) is -2.11. The van der Waals surface area contributed by atoms with Crippen LogP contribution in [-0.2, 0) is 4.79 Å². The maximum absolute atomic E-state index is 13.2. The quantitative estimate of drug-likeness (QED) is 0.650. The fraction of sp³-hybridized carbons (Fsp3) is 0.125. The third-order valence-electron chi connectivity index (χ3n) is 1.72. The van der Waals surface area contributed by atoms with Gasteiger partial charge in [0.15, 0.2) is 0 Å². The summed E-state index contributed by atoms with van der Waals surface area (Å²) in [7, 11) is 0. The van der Waals surface area contributed by atoms with Gasteiger partial charge in [0.1, 0.15) is 11.9 Å². The van der Waals surface area contributed by atoms with Gasteiger partial charge in [-0.25, -0.2) is 4.39 Å². The molecule has 0 bridgehead atoms. The first-order valence-electron chi connectivity index (χ1n) is 3.66. The third-order valence-corrected chi connectivity index (χ3v) is 2.04. The highest BCUT2D eigenvalue weighted by Gasteiger charge is 2.19. The summed E-state index contributed by atoms with van der Waals surface area (Å²) in [6.45, 7) is 0. The monoisotopic (exact) mass is 218 g/mol. The summed E-state index contributed by atoms with van der Waals surface area (Å²) in [6, 6.07) is 0.624. The molecule has 1 aromatic rings. The van der Waals surface area contributed by atoms with Crippen molar-refractivity contribution < 1.29 is 14.3 Å². The minimum absolute atomic E-state index is 0.0468. The van der Waals surface area contributed by atoms with Gasteiger partial charge < -0.3 is 16.6 Å². The number of carboxylic acids is 1. The normalized spacial score (nSPS) is 12.5. The molecule has 0 radical (unpaired) electrons. The van der Waals surface area contributed by atoms with Crippen LogP contribution >= 0.6 is 11.6 Å². The van der Waals surface area contributed by atoms with E-state index < -0.39 is 17.8 Å². The zero-order chi connectivity index (χ0) is 10.9. The van der Waals surface area contributed by atoms with E-state index in [2.05, 4.69) is 0 Å². The first-order valence-corrected chi connectivity index (χ1v) is 4.04. The molecule has 0 aliphatic rings. The van der Waals surface area contributed by atoms with Crippen LogP contribution in [0.15, 0.2) is 12.1 Å². The Kier molecular flexibility index (Phi) is 2.93. The van der Waals surface area contributed by atoms with Crippen molar-refractivity contribution in [2.45, 2.75) is 6.04 Å². The van der Waals surface area contributed by atoms with Gasteiger partial charge in [-0.15, -0.1) is 0 Å². The predicted molar refractivity (Wildman–Crippen MR) is 50.4 cm³/mol. The van der Waals surface area contributed by atoms with Crippen LogP contribution in [0, 0.1) is 5.82 Å². The summed E-state index contributed by atoms with van der Waals surface area (Å²) in [5, 5.41) is 8.64. The molecule has 0 amide bonds. The molecule has 5 N–H and O–H groups in total. The van der Waals surface area contributed by atoms with E-state index in [0.717, 1.165) is 12.1 Å². The van der Waals surface area contributed by atoms with Crippen LogP contribution in [0.1, 0.15) is 11.6 Å². The lowest BCUT2D eigenvalue weighted by atomic mass is 10.1. The predicted octanol–water partition coefficient (Wildman–Crippen LogP) is 1.15. The molecule has 0 aromatic heterocycles. The van der Waals surface area contributed by atoms with E-state index in [1.807, 2.05) is 0 Å². The van der Waals surface area contributed by atoms with E-state index in [1.54, 1.807) is 0 Å². The smallest absolute Gasteiger partial charge is 0.325 e. The second-order valence-electron chi connectivity index (χ2n) is 2.71. The Morgan fingerprint density at radius 2 is 2.14 bits per heavy atom. The molecule has 0 spiro atoms. The Balaban J connectivity index is 3.22. The molecule has 1 aromatic carbocycles. The van der Waals surface area contributed by atoms with E-state index in [1.165, 1.54) is 0 Å². The zero-order valence-corrected chi connectivity index (χ0v) is 7.75. The number of carboxylic acid groups (broad SMARTS) is 1. The van der Waals surface area contributed by atoms with Gasteiger partial charge in [0, 0.05) is 5.56 Å². The molecule has 0 aliphatic heterocycles. The number of hydrogen-bond acceptors (Lipinski definition) is 3. The molecule has 76 valence electrons. The van der Waals surface area contributed by atoms with Crippen molar-refractivity contribution in [1.82, 2.24) is 0 Å². The molecule has 6 heteroatoms.